The van der Waals surface area contributed by atoms with E-state index in [1.54, 1.807) is 48.5 Å². The van der Waals surface area contributed by atoms with Gasteiger partial charge in [0.2, 0.25) is 0 Å². The van der Waals surface area contributed by atoms with Gasteiger partial charge in [0.05, 0.1) is 6.61 Å². The van der Waals surface area contributed by atoms with Crippen LogP contribution in [0.3, 0.4) is 0 Å². The molecule has 2 amide bonds. The number of amides is 2. The largest absolute Gasteiger partial charge is 0.464 e. The van der Waals surface area contributed by atoms with Crippen LogP contribution in [0, 0.1) is 0 Å². The lowest BCUT2D eigenvalue weighted by molar-refractivity contribution is -0.165. The van der Waals surface area contributed by atoms with E-state index in [0.717, 1.165) is 10.0 Å². The molecule has 1 unspecified atom stereocenters. The molecule has 9 nitrogen and oxygen atoms in total. The zero-order chi connectivity index (χ0) is 20.3. The van der Waals surface area contributed by atoms with E-state index < -0.39 is 47.7 Å². The molecule has 0 bridgehead atoms. The Morgan fingerprint density at radius 1 is 1.00 bits per heavy atom. The minimum Gasteiger partial charge on any atom is -0.464 e. The lowest BCUT2D eigenvalue weighted by atomic mass is 10.1. The molecule has 0 aliphatic carbocycles. The number of hydrogen-bond acceptors (Lipinski definition) is 7. The predicted molar refractivity (Wildman–Crippen MR) is 91.1 cm³/mol. The molecule has 0 spiro atoms. The minimum absolute atomic E-state index is 0.0676. The molecule has 148 valence electrons. The van der Waals surface area contributed by atoms with E-state index in [2.05, 4.69) is 0 Å². The molecule has 0 N–H and O–H groups in total. The smallest absolute Gasteiger partial charge is 0.430 e. The van der Waals surface area contributed by atoms with Crippen LogP contribution in [-0.4, -0.2) is 64.4 Å². The van der Waals surface area contributed by atoms with Crippen LogP contribution >= 0.6 is 0 Å². The fourth-order valence-electron chi connectivity index (χ4n) is 2.20. The molecular weight excluding hydrogens is 344 g/mol. The van der Waals surface area contributed by atoms with Crippen LogP contribution in [0.15, 0.2) is 0 Å². The average Bonchev–Trinajstić information content (AvgIpc) is 2.42. The van der Waals surface area contributed by atoms with Crippen LogP contribution in [-0.2, 0) is 23.8 Å². The molecule has 1 atom stereocenters. The van der Waals surface area contributed by atoms with Gasteiger partial charge >= 0.3 is 18.2 Å². The molecule has 1 fully saturated rings. The van der Waals surface area contributed by atoms with Crippen LogP contribution in [0.2, 0.25) is 0 Å². The zero-order valence-corrected chi connectivity index (χ0v) is 16.5. The van der Waals surface area contributed by atoms with Crippen LogP contribution in [0.1, 0.15) is 54.9 Å². The van der Waals surface area contributed by atoms with E-state index >= 15 is 0 Å². The van der Waals surface area contributed by atoms with Gasteiger partial charge in [-0.25, -0.2) is 19.4 Å². The van der Waals surface area contributed by atoms with Crippen molar-refractivity contribution in [1.29, 1.82) is 0 Å². The Morgan fingerprint density at radius 2 is 1.50 bits per heavy atom. The Balaban J connectivity index is 3.24. The quantitative estimate of drug-likeness (QED) is 0.541. The normalized spacial score (nSPS) is 18.4. The Morgan fingerprint density at radius 3 is 1.96 bits per heavy atom. The highest BCUT2D eigenvalue weighted by atomic mass is 16.6. The topological polar surface area (TPSA) is 102 Å². The van der Waals surface area contributed by atoms with Crippen molar-refractivity contribution in [2.45, 2.75) is 72.1 Å². The van der Waals surface area contributed by atoms with Crippen LogP contribution in [0.4, 0.5) is 9.59 Å². The minimum atomic E-state index is -1.29. The maximum absolute atomic E-state index is 12.7. The third-order valence-corrected chi connectivity index (χ3v) is 3.05. The molecule has 1 rings (SSSR count). The number of ketones is 1. The Kier molecular flexibility index (Phi) is 6.62. The second kappa shape index (κ2) is 7.92. The molecule has 0 radical (unpaired) electrons. The highest BCUT2D eigenvalue weighted by molar-refractivity contribution is 5.94. The number of hydrazine groups is 1. The van der Waals surface area contributed by atoms with Crippen molar-refractivity contribution >= 4 is 23.9 Å². The number of nitrogens with zero attached hydrogens (tertiary/aromatic N) is 2. The monoisotopic (exact) mass is 372 g/mol. The summed E-state index contributed by atoms with van der Waals surface area (Å²) in [5.74, 6) is -1.19. The zero-order valence-electron chi connectivity index (χ0n) is 16.5. The summed E-state index contributed by atoms with van der Waals surface area (Å²) in [6.07, 6.45) is -2.13. The lowest BCUT2D eigenvalue weighted by Gasteiger charge is -2.42. The first-order chi connectivity index (χ1) is 11.7. The van der Waals surface area contributed by atoms with E-state index in [4.69, 9.17) is 14.2 Å². The third-order valence-electron chi connectivity index (χ3n) is 3.05. The molecule has 1 heterocycles. The van der Waals surface area contributed by atoms with Gasteiger partial charge in [-0.05, 0) is 48.5 Å². The van der Waals surface area contributed by atoms with E-state index in [1.165, 1.54) is 0 Å². The molecule has 1 saturated heterocycles. The number of rotatable bonds is 2. The van der Waals surface area contributed by atoms with Crippen molar-refractivity contribution < 1.29 is 33.4 Å². The number of hydrogen-bond donors (Lipinski definition) is 0. The van der Waals surface area contributed by atoms with Crippen molar-refractivity contribution in [3.63, 3.8) is 0 Å². The average molecular weight is 372 g/mol. The Hall–Kier alpha value is -2.32. The third kappa shape index (κ3) is 6.20. The molecule has 1 aliphatic rings. The predicted octanol–water partition coefficient (Wildman–Crippen LogP) is 2.28. The maximum atomic E-state index is 12.7. The fraction of sp³-hybridized carbons (Fsp3) is 0.765. The molecule has 9 heteroatoms. The Bertz CT molecular complexity index is 575. The van der Waals surface area contributed by atoms with Crippen LogP contribution < -0.4 is 0 Å². The molecule has 0 aromatic heterocycles. The van der Waals surface area contributed by atoms with E-state index in [9.17, 15) is 19.2 Å². The first-order valence-corrected chi connectivity index (χ1v) is 8.46. The second-order valence-corrected chi connectivity index (χ2v) is 7.87. The summed E-state index contributed by atoms with van der Waals surface area (Å²) < 4.78 is 15.5. The van der Waals surface area contributed by atoms with Crippen molar-refractivity contribution in [1.82, 2.24) is 10.0 Å². The summed E-state index contributed by atoms with van der Waals surface area (Å²) in [5.41, 5.74) is -1.71. The summed E-state index contributed by atoms with van der Waals surface area (Å²) in [6, 6.07) is -1.29. The molecule has 1 aliphatic heterocycles. The standard InChI is InChI=1S/C17H28N2O7/c1-8-24-13(21)12-9-11(20)10-18(14(22)25-16(2,3)4)19(12)15(23)26-17(5,6)7/h12H,8-10H2,1-7H3. The van der Waals surface area contributed by atoms with Crippen molar-refractivity contribution in [2.24, 2.45) is 0 Å². The van der Waals surface area contributed by atoms with E-state index in [-0.39, 0.29) is 13.0 Å². The second-order valence-electron chi connectivity index (χ2n) is 7.87. The highest BCUT2D eigenvalue weighted by Crippen LogP contribution is 2.23. The summed E-state index contributed by atoms with van der Waals surface area (Å²) in [7, 11) is 0. The lowest BCUT2D eigenvalue weighted by Crippen LogP contribution is -2.64. The first kappa shape index (κ1) is 21.7. The van der Waals surface area contributed by atoms with Gasteiger partial charge in [0.15, 0.2) is 11.8 Å². The van der Waals surface area contributed by atoms with Crippen LogP contribution in [0.5, 0.6) is 0 Å². The maximum Gasteiger partial charge on any atom is 0.430 e. The van der Waals surface area contributed by atoms with Gasteiger partial charge < -0.3 is 14.2 Å². The molecule has 0 saturated carbocycles. The van der Waals surface area contributed by atoms with Gasteiger partial charge in [-0.1, -0.05) is 0 Å². The molecule has 0 aromatic rings. The number of carbonyl (C=O) groups is 4. The van der Waals surface area contributed by atoms with Gasteiger partial charge in [0, 0.05) is 6.42 Å². The summed E-state index contributed by atoms with van der Waals surface area (Å²) in [5, 5.41) is 1.62. The first-order valence-electron chi connectivity index (χ1n) is 8.46. The van der Waals surface area contributed by atoms with E-state index in [0.29, 0.717) is 0 Å². The van der Waals surface area contributed by atoms with Crippen molar-refractivity contribution in [2.75, 3.05) is 13.2 Å². The van der Waals surface area contributed by atoms with E-state index in [1.807, 2.05) is 0 Å². The molecule has 26 heavy (non-hydrogen) atoms. The van der Waals surface area contributed by atoms with Crippen LogP contribution in [0.25, 0.3) is 0 Å². The van der Waals surface area contributed by atoms with Crippen molar-refractivity contribution in [3.05, 3.63) is 0 Å². The fourth-order valence-corrected chi connectivity index (χ4v) is 2.20. The summed E-state index contributed by atoms with van der Waals surface area (Å²) in [6.45, 7) is 11.2. The van der Waals surface area contributed by atoms with Gasteiger partial charge in [0.25, 0.3) is 0 Å². The Labute approximate surface area is 153 Å². The SMILES string of the molecule is CCOC(=O)C1CC(=O)CN(C(=O)OC(C)(C)C)N1C(=O)OC(C)(C)C. The number of ether oxygens (including phenoxy) is 3. The summed E-state index contributed by atoms with van der Waals surface area (Å²) in [4.78, 5) is 49.5. The molecular formula is C17H28N2O7. The molecule has 0 aromatic carbocycles. The van der Waals surface area contributed by atoms with Gasteiger partial charge in [-0.15, -0.1) is 0 Å². The summed E-state index contributed by atoms with van der Waals surface area (Å²) >= 11 is 0. The highest BCUT2D eigenvalue weighted by Gasteiger charge is 2.46. The number of carbonyl (C=O) groups excluding carboxylic acids is 4. The van der Waals surface area contributed by atoms with Gasteiger partial charge in [-0.3, -0.25) is 4.79 Å². The van der Waals surface area contributed by atoms with Gasteiger partial charge in [0.1, 0.15) is 17.7 Å². The van der Waals surface area contributed by atoms with Crippen molar-refractivity contribution in [3.8, 4) is 0 Å². The van der Waals surface area contributed by atoms with Gasteiger partial charge in [-0.2, -0.15) is 5.01 Å². The number of Topliss-reactive ketones (excluding diaryl/α,β-unsaturated/α-hetero) is 1. The number of esters is 1.